The van der Waals surface area contributed by atoms with Crippen LogP contribution in [0, 0.1) is 0 Å². The Morgan fingerprint density at radius 1 is 1.39 bits per heavy atom. The molecule has 0 saturated carbocycles. The minimum atomic E-state index is -0.783. The van der Waals surface area contributed by atoms with Crippen LogP contribution < -0.4 is 5.32 Å². The number of nitrogens with one attached hydrogen (secondary N) is 1. The van der Waals surface area contributed by atoms with Crippen molar-refractivity contribution < 1.29 is 14.3 Å². The zero-order valence-corrected chi connectivity index (χ0v) is 17.9. The fourth-order valence-electron chi connectivity index (χ4n) is 4.09. The number of aliphatic imine (C=N–C) groups is 1. The van der Waals surface area contributed by atoms with E-state index in [0.717, 1.165) is 25.3 Å². The third-order valence-corrected chi connectivity index (χ3v) is 6.22. The van der Waals surface area contributed by atoms with Gasteiger partial charge in [-0.1, -0.05) is 18.5 Å². The summed E-state index contributed by atoms with van der Waals surface area (Å²) < 4.78 is 5.69. The molecule has 2 heterocycles. The lowest BCUT2D eigenvalue weighted by Crippen LogP contribution is -2.48. The van der Waals surface area contributed by atoms with E-state index >= 15 is 0 Å². The zero-order chi connectivity index (χ0) is 20.3. The first-order valence-electron chi connectivity index (χ1n) is 9.83. The normalized spacial score (nSPS) is 26.6. The quantitative estimate of drug-likeness (QED) is 0.415. The molecular weight excluding hydrogens is 401 g/mol. The number of carbonyl (C=O) groups is 2. The van der Waals surface area contributed by atoms with Crippen molar-refractivity contribution in [1.82, 2.24) is 10.2 Å². The molecule has 1 atom stereocenters. The van der Waals surface area contributed by atoms with Gasteiger partial charge in [-0.25, -0.2) is 4.79 Å². The van der Waals surface area contributed by atoms with Gasteiger partial charge in [-0.15, -0.1) is 11.6 Å². The van der Waals surface area contributed by atoms with E-state index in [1.54, 1.807) is 6.92 Å². The highest BCUT2D eigenvalue weighted by molar-refractivity contribution is 6.33. The zero-order valence-electron chi connectivity index (χ0n) is 16.4. The van der Waals surface area contributed by atoms with Crippen LogP contribution in [0.15, 0.2) is 27.2 Å². The number of ether oxygens (including phenoxy) is 1. The molecule has 0 aromatic heterocycles. The summed E-state index contributed by atoms with van der Waals surface area (Å²) in [5, 5.41) is 3.57. The Labute approximate surface area is 176 Å². The molecule has 154 valence electrons. The van der Waals surface area contributed by atoms with E-state index in [4.69, 9.17) is 27.9 Å². The highest BCUT2D eigenvalue weighted by Gasteiger charge is 2.50. The number of alkyl halides is 1. The molecule has 1 aliphatic carbocycles. The van der Waals surface area contributed by atoms with E-state index in [0.29, 0.717) is 55.0 Å². The molecule has 1 unspecified atom stereocenters. The van der Waals surface area contributed by atoms with Crippen LogP contribution in [0.1, 0.15) is 39.5 Å². The maximum atomic E-state index is 12.9. The standard InChI is InChI=1S/C20H27Cl2N3O3/c1-3-25-8-4-20(5-9-25)17(13(2)19(27)28-20)18(26)24-7-6-23-16-11-14(21)10-15(22)12-16/h11,15H,3-10,12H2,1-2H3,(H,24,26). The Morgan fingerprint density at radius 3 is 2.75 bits per heavy atom. The number of allylic oxidation sites excluding steroid dienone is 2. The first-order chi connectivity index (χ1) is 13.3. The van der Waals surface area contributed by atoms with Crippen LogP contribution in [0.25, 0.3) is 0 Å². The predicted molar refractivity (Wildman–Crippen MR) is 111 cm³/mol. The van der Waals surface area contributed by atoms with E-state index in [1.807, 2.05) is 6.08 Å². The summed E-state index contributed by atoms with van der Waals surface area (Å²) in [5.74, 6) is -0.619. The van der Waals surface area contributed by atoms with Gasteiger partial charge in [-0.2, -0.15) is 0 Å². The van der Waals surface area contributed by atoms with Crippen LogP contribution in [-0.2, 0) is 14.3 Å². The second-order valence-electron chi connectivity index (χ2n) is 7.54. The molecule has 6 nitrogen and oxygen atoms in total. The third kappa shape index (κ3) is 4.61. The van der Waals surface area contributed by atoms with Gasteiger partial charge < -0.3 is 15.0 Å². The lowest BCUT2D eigenvalue weighted by atomic mass is 9.82. The molecule has 1 fully saturated rings. The fraction of sp³-hybridized carbons (Fsp3) is 0.650. The first-order valence-corrected chi connectivity index (χ1v) is 10.6. The molecule has 1 saturated heterocycles. The number of likely N-dealkylation sites (tertiary alicyclic amines) is 1. The molecule has 0 bridgehead atoms. The average Bonchev–Trinajstić information content (AvgIpc) is 2.88. The van der Waals surface area contributed by atoms with Crippen LogP contribution >= 0.6 is 23.2 Å². The molecule has 28 heavy (non-hydrogen) atoms. The first kappa shape index (κ1) is 21.3. The van der Waals surface area contributed by atoms with Crippen molar-refractivity contribution in [3.05, 3.63) is 22.3 Å². The number of hydrogen-bond acceptors (Lipinski definition) is 5. The van der Waals surface area contributed by atoms with Crippen molar-refractivity contribution in [2.45, 2.75) is 50.5 Å². The topological polar surface area (TPSA) is 71.0 Å². The van der Waals surface area contributed by atoms with Gasteiger partial charge in [0.25, 0.3) is 5.91 Å². The molecule has 8 heteroatoms. The number of hydrogen-bond donors (Lipinski definition) is 1. The monoisotopic (exact) mass is 427 g/mol. The smallest absolute Gasteiger partial charge is 0.335 e. The molecular formula is C20H27Cl2N3O3. The summed E-state index contributed by atoms with van der Waals surface area (Å²) in [6.45, 7) is 7.17. The Balaban J connectivity index is 1.61. The molecule has 0 aromatic rings. The van der Waals surface area contributed by atoms with Gasteiger partial charge in [0.1, 0.15) is 5.60 Å². The molecule has 3 aliphatic rings. The van der Waals surface area contributed by atoms with Gasteiger partial charge in [-0.3, -0.25) is 9.79 Å². The summed E-state index contributed by atoms with van der Waals surface area (Å²) in [4.78, 5) is 31.8. The van der Waals surface area contributed by atoms with Gasteiger partial charge in [-0.05, 0) is 26.0 Å². The molecule has 2 aliphatic heterocycles. The minimum Gasteiger partial charge on any atom is -0.450 e. The maximum absolute atomic E-state index is 12.9. The highest BCUT2D eigenvalue weighted by atomic mass is 35.5. The van der Waals surface area contributed by atoms with Gasteiger partial charge in [0, 0.05) is 60.6 Å². The molecule has 3 rings (SSSR count). The van der Waals surface area contributed by atoms with Gasteiger partial charge in [0.05, 0.1) is 12.1 Å². The minimum absolute atomic E-state index is 0.0332. The third-order valence-electron chi connectivity index (χ3n) is 5.65. The highest BCUT2D eigenvalue weighted by Crippen LogP contribution is 2.40. The van der Waals surface area contributed by atoms with E-state index in [-0.39, 0.29) is 17.3 Å². The second-order valence-corrected chi connectivity index (χ2v) is 8.65. The van der Waals surface area contributed by atoms with Crippen LogP contribution in [0.3, 0.4) is 0 Å². The Hall–Kier alpha value is -1.37. The Bertz CT molecular complexity index is 737. The number of rotatable bonds is 5. The largest absolute Gasteiger partial charge is 0.450 e. The maximum Gasteiger partial charge on any atom is 0.335 e. The molecule has 1 N–H and O–H groups in total. The molecule has 1 amide bonds. The number of piperidine rings is 1. The summed E-state index contributed by atoms with van der Waals surface area (Å²) in [6, 6.07) is 0. The Kier molecular flexibility index (Phi) is 6.84. The van der Waals surface area contributed by atoms with Crippen molar-refractivity contribution in [2.24, 2.45) is 4.99 Å². The van der Waals surface area contributed by atoms with Crippen molar-refractivity contribution in [1.29, 1.82) is 0 Å². The fourth-order valence-corrected chi connectivity index (χ4v) is 4.80. The van der Waals surface area contributed by atoms with Gasteiger partial charge in [0.2, 0.25) is 0 Å². The lowest BCUT2D eigenvalue weighted by molar-refractivity contribution is -0.150. The molecule has 0 radical (unpaired) electrons. The number of amides is 1. The van der Waals surface area contributed by atoms with Crippen LogP contribution in [0.2, 0.25) is 0 Å². The summed E-state index contributed by atoms with van der Waals surface area (Å²) >= 11 is 12.2. The SMILES string of the molecule is CCN1CCC2(CC1)OC(=O)C(C)=C2C(=O)NCCN=C1C=C(Cl)CC(Cl)C1. The second kappa shape index (κ2) is 8.97. The molecule has 1 spiro atoms. The van der Waals surface area contributed by atoms with Gasteiger partial charge in [0.15, 0.2) is 0 Å². The van der Waals surface area contributed by atoms with Gasteiger partial charge >= 0.3 is 5.97 Å². The summed E-state index contributed by atoms with van der Waals surface area (Å²) in [7, 11) is 0. The summed E-state index contributed by atoms with van der Waals surface area (Å²) in [5.41, 5.74) is 0.973. The van der Waals surface area contributed by atoms with Crippen molar-refractivity contribution in [3.63, 3.8) is 0 Å². The van der Waals surface area contributed by atoms with Crippen molar-refractivity contribution >= 4 is 40.8 Å². The van der Waals surface area contributed by atoms with E-state index in [1.165, 1.54) is 0 Å². The van der Waals surface area contributed by atoms with Crippen molar-refractivity contribution in [3.8, 4) is 0 Å². The van der Waals surface area contributed by atoms with Crippen LogP contribution in [0.5, 0.6) is 0 Å². The average molecular weight is 428 g/mol. The van der Waals surface area contributed by atoms with Crippen molar-refractivity contribution in [2.75, 3.05) is 32.7 Å². The number of halogens is 2. The predicted octanol–water partition coefficient (Wildman–Crippen LogP) is 2.80. The van der Waals surface area contributed by atoms with Crippen LogP contribution in [0.4, 0.5) is 0 Å². The van der Waals surface area contributed by atoms with E-state index in [2.05, 4.69) is 22.1 Å². The van der Waals surface area contributed by atoms with E-state index in [9.17, 15) is 9.59 Å². The summed E-state index contributed by atoms with van der Waals surface area (Å²) in [6.07, 6.45) is 4.48. The number of carbonyl (C=O) groups excluding carboxylic acids is 2. The Morgan fingerprint density at radius 2 is 2.11 bits per heavy atom. The number of nitrogens with zero attached hydrogens (tertiary/aromatic N) is 2. The number of esters is 1. The van der Waals surface area contributed by atoms with E-state index < -0.39 is 5.60 Å². The van der Waals surface area contributed by atoms with Crippen LogP contribution in [-0.4, -0.2) is 66.2 Å². The lowest BCUT2D eigenvalue weighted by Gasteiger charge is -2.38. The molecule has 0 aromatic carbocycles.